The van der Waals surface area contributed by atoms with Crippen molar-refractivity contribution < 1.29 is 14.6 Å². The van der Waals surface area contributed by atoms with Crippen molar-refractivity contribution in [1.29, 1.82) is 0 Å². The molecular weight excluding hydrogens is 324 g/mol. The van der Waals surface area contributed by atoms with E-state index in [0.717, 1.165) is 50.4 Å². The largest absolute Gasteiger partial charge is 0.387 e. The molecule has 0 radical (unpaired) electrons. The number of aliphatic hydroxyl groups is 1. The van der Waals surface area contributed by atoms with Crippen molar-refractivity contribution in [3.8, 4) is 0 Å². The summed E-state index contributed by atoms with van der Waals surface area (Å²) in [6.45, 7) is 7.86. The van der Waals surface area contributed by atoms with E-state index < -0.39 is 5.60 Å². The van der Waals surface area contributed by atoms with E-state index in [9.17, 15) is 9.90 Å². The topological polar surface area (TPSA) is 46.5 Å². The second-order valence-electron chi connectivity index (χ2n) is 10.2. The summed E-state index contributed by atoms with van der Waals surface area (Å²) in [5.74, 6) is 3.32. The van der Waals surface area contributed by atoms with Crippen LogP contribution in [0.3, 0.4) is 0 Å². The normalized spacial score (nSPS) is 50.8. The molecule has 3 nitrogen and oxygen atoms in total. The molecule has 26 heavy (non-hydrogen) atoms. The maximum Gasteiger partial charge on any atom is 0.139 e. The van der Waals surface area contributed by atoms with Crippen molar-refractivity contribution in [3.05, 3.63) is 0 Å². The molecule has 4 aliphatic carbocycles. The number of rotatable bonds is 4. The van der Waals surface area contributed by atoms with Gasteiger partial charge < -0.3 is 9.84 Å². The summed E-state index contributed by atoms with van der Waals surface area (Å²) < 4.78 is 5.62. The summed E-state index contributed by atoms with van der Waals surface area (Å²) in [6, 6.07) is 0. The van der Waals surface area contributed by atoms with Crippen molar-refractivity contribution in [2.24, 2.45) is 34.5 Å². The number of carbonyl (C=O) groups is 1. The Bertz CT molecular complexity index is 560. The van der Waals surface area contributed by atoms with Gasteiger partial charge in [-0.05, 0) is 93.8 Å². The van der Waals surface area contributed by atoms with Gasteiger partial charge in [-0.1, -0.05) is 13.8 Å². The predicted octanol–water partition coefficient (Wildman–Crippen LogP) is 4.76. The molecule has 148 valence electrons. The van der Waals surface area contributed by atoms with Crippen molar-refractivity contribution in [2.45, 2.75) is 90.6 Å². The Labute approximate surface area is 159 Å². The van der Waals surface area contributed by atoms with E-state index in [0.29, 0.717) is 36.2 Å². The molecule has 0 heterocycles. The molecule has 4 saturated carbocycles. The highest BCUT2D eigenvalue weighted by Gasteiger charge is 2.62. The summed E-state index contributed by atoms with van der Waals surface area (Å²) >= 11 is 0. The van der Waals surface area contributed by atoms with Gasteiger partial charge in [-0.2, -0.15) is 0 Å². The molecule has 0 amide bonds. The van der Waals surface area contributed by atoms with E-state index in [-0.39, 0.29) is 5.41 Å². The first-order valence-electron chi connectivity index (χ1n) is 11.2. The second kappa shape index (κ2) is 6.58. The first kappa shape index (κ1) is 18.9. The van der Waals surface area contributed by atoms with E-state index in [1.54, 1.807) is 0 Å². The average Bonchev–Trinajstić information content (AvgIpc) is 2.95. The van der Waals surface area contributed by atoms with Crippen LogP contribution in [0.2, 0.25) is 0 Å². The Morgan fingerprint density at radius 1 is 1.08 bits per heavy atom. The molecule has 0 bridgehead atoms. The molecule has 0 aromatic carbocycles. The molecule has 0 aromatic heterocycles. The number of hydrogen-bond donors (Lipinski definition) is 1. The zero-order valence-corrected chi connectivity index (χ0v) is 17.1. The van der Waals surface area contributed by atoms with Crippen molar-refractivity contribution in [1.82, 2.24) is 0 Å². The van der Waals surface area contributed by atoms with Gasteiger partial charge in [0.05, 0.1) is 12.2 Å². The number of Topliss-reactive ketones (excluding diaryl/α,β-unsaturated/α-hetero) is 1. The Morgan fingerprint density at radius 3 is 2.62 bits per heavy atom. The monoisotopic (exact) mass is 362 g/mol. The molecule has 0 aromatic rings. The lowest BCUT2D eigenvalue weighted by Crippen LogP contribution is -2.57. The first-order valence-corrected chi connectivity index (χ1v) is 11.2. The Hall–Kier alpha value is -0.410. The third kappa shape index (κ3) is 2.64. The molecule has 4 fully saturated rings. The molecule has 7 atom stereocenters. The van der Waals surface area contributed by atoms with Crippen LogP contribution in [0.15, 0.2) is 0 Å². The van der Waals surface area contributed by atoms with E-state index in [4.69, 9.17) is 4.74 Å². The van der Waals surface area contributed by atoms with Gasteiger partial charge in [0.1, 0.15) is 5.78 Å². The van der Waals surface area contributed by atoms with E-state index >= 15 is 0 Å². The molecule has 3 heteroatoms. The van der Waals surface area contributed by atoms with Gasteiger partial charge in [-0.15, -0.1) is 0 Å². The highest BCUT2D eigenvalue weighted by atomic mass is 16.5. The summed E-state index contributed by atoms with van der Waals surface area (Å²) in [7, 11) is 0. The van der Waals surface area contributed by atoms with Crippen molar-refractivity contribution in [3.63, 3.8) is 0 Å². The summed E-state index contributed by atoms with van der Waals surface area (Å²) in [6.07, 6.45) is 11.0. The number of fused-ring (bicyclic) bond motifs is 5. The van der Waals surface area contributed by atoms with Gasteiger partial charge in [0, 0.05) is 18.4 Å². The molecule has 0 unspecified atom stereocenters. The lowest BCUT2D eigenvalue weighted by molar-refractivity contribution is -0.172. The van der Waals surface area contributed by atoms with Gasteiger partial charge in [-0.3, -0.25) is 4.79 Å². The predicted molar refractivity (Wildman–Crippen MR) is 103 cm³/mol. The number of ether oxygens (including phenoxy) is 1. The number of carbonyl (C=O) groups excluding carboxylic acids is 1. The maximum atomic E-state index is 12.6. The Morgan fingerprint density at radius 2 is 1.88 bits per heavy atom. The lowest BCUT2D eigenvalue weighted by atomic mass is 9.43. The van der Waals surface area contributed by atoms with E-state index in [2.05, 4.69) is 13.8 Å². The molecule has 1 N–H and O–H groups in total. The van der Waals surface area contributed by atoms with Gasteiger partial charge >= 0.3 is 0 Å². The molecule has 4 rings (SSSR count). The zero-order chi connectivity index (χ0) is 18.6. The molecule has 0 saturated heterocycles. The molecule has 0 aliphatic heterocycles. The number of ketones is 1. The van der Waals surface area contributed by atoms with Crippen LogP contribution in [0, 0.1) is 34.5 Å². The standard InChI is InChI=1S/C23H38O3/c1-4-23-13-12-22(25,15-26-5-2)14-16(23)6-7-17-18-8-9-20(24)21(18,3)11-10-19(17)23/h16-19,25H,4-15H2,1-3H3/t16-,17-,18-,19-,21-,22+,23-/m0/s1. The quantitative estimate of drug-likeness (QED) is 0.784. The van der Waals surface area contributed by atoms with E-state index in [1.165, 1.54) is 25.7 Å². The van der Waals surface area contributed by atoms with Crippen LogP contribution in [-0.2, 0) is 9.53 Å². The van der Waals surface area contributed by atoms with Gasteiger partial charge in [-0.25, -0.2) is 0 Å². The lowest BCUT2D eigenvalue weighted by Gasteiger charge is -2.62. The minimum absolute atomic E-state index is 0.0205. The summed E-state index contributed by atoms with van der Waals surface area (Å²) in [5, 5.41) is 11.1. The fourth-order valence-electron chi connectivity index (χ4n) is 8.03. The fraction of sp³-hybridized carbons (Fsp3) is 0.957. The van der Waals surface area contributed by atoms with Crippen molar-refractivity contribution in [2.75, 3.05) is 13.2 Å². The smallest absolute Gasteiger partial charge is 0.139 e. The van der Waals surface area contributed by atoms with Gasteiger partial charge in [0.15, 0.2) is 0 Å². The highest BCUT2D eigenvalue weighted by molar-refractivity contribution is 5.87. The summed E-state index contributed by atoms with van der Waals surface area (Å²) in [4.78, 5) is 12.6. The minimum Gasteiger partial charge on any atom is -0.387 e. The van der Waals surface area contributed by atoms with Crippen LogP contribution in [0.1, 0.15) is 85.0 Å². The third-order valence-electron chi connectivity index (χ3n) is 9.46. The molecule has 4 aliphatic rings. The van der Waals surface area contributed by atoms with Crippen molar-refractivity contribution >= 4 is 5.78 Å². The maximum absolute atomic E-state index is 12.6. The van der Waals surface area contributed by atoms with Crippen LogP contribution >= 0.6 is 0 Å². The first-order chi connectivity index (χ1) is 12.4. The minimum atomic E-state index is -0.612. The average molecular weight is 363 g/mol. The SMILES string of the molecule is CCOC[C@@]1(O)CC[C@@]2(CC)[C@@H](CC[C@@H]3[C@@H]2CC[C@]2(C)C(=O)CC[C@@H]32)C1. The fourth-order valence-corrected chi connectivity index (χ4v) is 8.03. The zero-order valence-electron chi connectivity index (χ0n) is 17.1. The summed E-state index contributed by atoms with van der Waals surface area (Å²) in [5.41, 5.74) is -0.236. The van der Waals surface area contributed by atoms with Crippen LogP contribution in [-0.4, -0.2) is 29.7 Å². The van der Waals surface area contributed by atoms with Crippen LogP contribution in [0.5, 0.6) is 0 Å². The van der Waals surface area contributed by atoms with Gasteiger partial charge in [0.25, 0.3) is 0 Å². The third-order valence-corrected chi connectivity index (χ3v) is 9.46. The van der Waals surface area contributed by atoms with Gasteiger partial charge in [0.2, 0.25) is 0 Å². The Balaban J connectivity index is 1.58. The molecule has 0 spiro atoms. The van der Waals surface area contributed by atoms with Crippen LogP contribution in [0.4, 0.5) is 0 Å². The Kier molecular flexibility index (Phi) is 4.79. The second-order valence-corrected chi connectivity index (χ2v) is 10.2. The molecular formula is C23H38O3. The van der Waals surface area contributed by atoms with E-state index in [1.807, 2.05) is 6.92 Å². The van der Waals surface area contributed by atoms with Crippen LogP contribution < -0.4 is 0 Å². The van der Waals surface area contributed by atoms with Crippen LogP contribution in [0.25, 0.3) is 0 Å². The highest BCUT2D eigenvalue weighted by Crippen LogP contribution is 2.67. The number of hydrogen-bond acceptors (Lipinski definition) is 3.